The van der Waals surface area contributed by atoms with Crippen LogP contribution in [0.3, 0.4) is 0 Å². The number of ether oxygens (including phenoxy) is 3. The van der Waals surface area contributed by atoms with Gasteiger partial charge >= 0.3 is 0 Å². The Morgan fingerprint density at radius 2 is 1.60 bits per heavy atom. The predicted octanol–water partition coefficient (Wildman–Crippen LogP) is 4.00. The molecule has 1 heterocycles. The third-order valence-corrected chi connectivity index (χ3v) is 3.95. The molecule has 2 aromatic carbocycles. The van der Waals surface area contributed by atoms with Crippen molar-refractivity contribution in [2.45, 2.75) is 20.0 Å². The van der Waals surface area contributed by atoms with Gasteiger partial charge in [0, 0.05) is 11.8 Å². The maximum absolute atomic E-state index is 13.1. The molecule has 0 aliphatic rings. The van der Waals surface area contributed by atoms with Crippen LogP contribution in [0, 0.1) is 0 Å². The molecule has 0 spiro atoms. The molecule has 0 saturated heterocycles. The average molecular weight is 339 g/mol. The maximum Gasteiger partial charge on any atom is 0.201 e. The van der Waals surface area contributed by atoms with E-state index in [0.717, 1.165) is 11.3 Å². The van der Waals surface area contributed by atoms with Gasteiger partial charge in [0.1, 0.15) is 17.2 Å². The standard InChI is InChI=1S/C20H21NO4/c1-12(2)25-17-10-9-16(24-4)18-19(17)21-11-15(20(18)22)13-5-7-14(23-3)8-6-13/h5-12H,1-4H3,(H,21,22). The number of nitrogens with one attached hydrogen (secondary N) is 1. The monoisotopic (exact) mass is 339 g/mol. The summed E-state index contributed by atoms with van der Waals surface area (Å²) in [5.74, 6) is 1.89. The third-order valence-electron chi connectivity index (χ3n) is 3.95. The van der Waals surface area contributed by atoms with Crippen molar-refractivity contribution in [1.29, 1.82) is 0 Å². The zero-order chi connectivity index (χ0) is 18.0. The number of aromatic amines is 1. The highest BCUT2D eigenvalue weighted by Gasteiger charge is 2.16. The highest BCUT2D eigenvalue weighted by molar-refractivity contribution is 5.92. The van der Waals surface area contributed by atoms with Crippen LogP contribution in [-0.2, 0) is 0 Å². The van der Waals surface area contributed by atoms with E-state index < -0.39 is 0 Å². The van der Waals surface area contributed by atoms with Gasteiger partial charge < -0.3 is 19.2 Å². The van der Waals surface area contributed by atoms with E-state index in [9.17, 15) is 4.79 Å². The van der Waals surface area contributed by atoms with E-state index in [1.165, 1.54) is 0 Å². The molecule has 0 amide bonds. The van der Waals surface area contributed by atoms with Gasteiger partial charge in [-0.3, -0.25) is 4.79 Å². The SMILES string of the molecule is COc1ccc(-c2c[nH]c3c(OC(C)C)ccc(OC)c3c2=O)cc1. The Morgan fingerprint density at radius 1 is 0.920 bits per heavy atom. The number of methoxy groups -OCH3 is 2. The van der Waals surface area contributed by atoms with E-state index in [4.69, 9.17) is 14.2 Å². The number of pyridine rings is 1. The molecule has 0 radical (unpaired) electrons. The van der Waals surface area contributed by atoms with Crippen molar-refractivity contribution in [2.24, 2.45) is 0 Å². The van der Waals surface area contributed by atoms with Crippen molar-refractivity contribution in [3.8, 4) is 28.4 Å². The van der Waals surface area contributed by atoms with E-state index >= 15 is 0 Å². The van der Waals surface area contributed by atoms with Crippen molar-refractivity contribution >= 4 is 10.9 Å². The molecule has 0 atom stereocenters. The number of H-pyrrole nitrogens is 1. The van der Waals surface area contributed by atoms with Crippen molar-refractivity contribution in [3.05, 3.63) is 52.8 Å². The number of fused-ring (bicyclic) bond motifs is 1. The summed E-state index contributed by atoms with van der Waals surface area (Å²) in [5, 5.41) is 0.481. The molecule has 0 fully saturated rings. The van der Waals surface area contributed by atoms with Gasteiger partial charge in [-0.25, -0.2) is 0 Å². The Balaban J connectivity index is 2.22. The summed E-state index contributed by atoms with van der Waals surface area (Å²) < 4.78 is 16.4. The summed E-state index contributed by atoms with van der Waals surface area (Å²) in [6.07, 6.45) is 1.71. The Bertz CT molecular complexity index is 942. The Labute approximate surface area is 146 Å². The highest BCUT2D eigenvalue weighted by Crippen LogP contribution is 2.32. The van der Waals surface area contributed by atoms with Crippen LogP contribution in [0.1, 0.15) is 13.8 Å². The van der Waals surface area contributed by atoms with Crippen LogP contribution in [-0.4, -0.2) is 25.3 Å². The molecule has 1 N–H and O–H groups in total. The molecule has 0 unspecified atom stereocenters. The van der Waals surface area contributed by atoms with Gasteiger partial charge in [0.25, 0.3) is 0 Å². The molecule has 130 valence electrons. The second kappa shape index (κ2) is 6.89. The Kier molecular flexibility index (Phi) is 4.65. The number of hydrogen-bond acceptors (Lipinski definition) is 4. The minimum atomic E-state index is -0.107. The van der Waals surface area contributed by atoms with Crippen LogP contribution in [0.15, 0.2) is 47.4 Å². The fraction of sp³-hybridized carbons (Fsp3) is 0.250. The van der Waals surface area contributed by atoms with E-state index in [1.807, 2.05) is 44.2 Å². The first-order chi connectivity index (χ1) is 12.0. The second-order valence-electron chi connectivity index (χ2n) is 5.94. The normalized spacial score (nSPS) is 10.9. The fourth-order valence-corrected chi connectivity index (χ4v) is 2.78. The summed E-state index contributed by atoms with van der Waals surface area (Å²) in [5.41, 5.74) is 1.90. The molecule has 25 heavy (non-hydrogen) atoms. The quantitative estimate of drug-likeness (QED) is 0.763. The van der Waals surface area contributed by atoms with Crippen molar-refractivity contribution < 1.29 is 14.2 Å². The number of hydrogen-bond donors (Lipinski definition) is 1. The number of benzene rings is 2. The molecule has 5 nitrogen and oxygen atoms in total. The highest BCUT2D eigenvalue weighted by atomic mass is 16.5. The topological polar surface area (TPSA) is 60.6 Å². The van der Waals surface area contributed by atoms with E-state index in [0.29, 0.717) is 28.0 Å². The van der Waals surface area contributed by atoms with Crippen LogP contribution in [0.25, 0.3) is 22.0 Å². The van der Waals surface area contributed by atoms with Crippen molar-refractivity contribution in [1.82, 2.24) is 4.98 Å². The zero-order valence-electron chi connectivity index (χ0n) is 14.8. The average Bonchev–Trinajstić information content (AvgIpc) is 2.62. The van der Waals surface area contributed by atoms with Gasteiger partial charge in [0.2, 0.25) is 5.43 Å². The Hall–Kier alpha value is -2.95. The number of rotatable bonds is 5. The van der Waals surface area contributed by atoms with E-state index in [-0.39, 0.29) is 11.5 Å². The van der Waals surface area contributed by atoms with Gasteiger partial charge in [-0.15, -0.1) is 0 Å². The summed E-state index contributed by atoms with van der Waals surface area (Å²) in [6.45, 7) is 3.89. The third kappa shape index (κ3) is 3.18. The van der Waals surface area contributed by atoms with Crippen LogP contribution in [0.4, 0.5) is 0 Å². The lowest BCUT2D eigenvalue weighted by Crippen LogP contribution is -2.11. The van der Waals surface area contributed by atoms with Crippen molar-refractivity contribution in [2.75, 3.05) is 14.2 Å². The molecular weight excluding hydrogens is 318 g/mol. The molecule has 0 bridgehead atoms. The fourth-order valence-electron chi connectivity index (χ4n) is 2.78. The van der Waals surface area contributed by atoms with Crippen LogP contribution in [0.2, 0.25) is 0 Å². The maximum atomic E-state index is 13.1. The van der Waals surface area contributed by atoms with E-state index in [1.54, 1.807) is 26.5 Å². The van der Waals surface area contributed by atoms with Gasteiger partial charge in [-0.1, -0.05) is 12.1 Å². The van der Waals surface area contributed by atoms with Gasteiger partial charge in [-0.2, -0.15) is 0 Å². The number of aromatic nitrogens is 1. The summed E-state index contributed by atoms with van der Waals surface area (Å²) >= 11 is 0. The molecule has 3 aromatic rings. The lowest BCUT2D eigenvalue weighted by atomic mass is 10.0. The molecule has 5 heteroatoms. The van der Waals surface area contributed by atoms with Crippen LogP contribution >= 0.6 is 0 Å². The van der Waals surface area contributed by atoms with Gasteiger partial charge in [0.05, 0.1) is 31.2 Å². The lowest BCUT2D eigenvalue weighted by molar-refractivity contribution is 0.245. The van der Waals surface area contributed by atoms with Crippen LogP contribution < -0.4 is 19.6 Å². The largest absolute Gasteiger partial charge is 0.497 e. The second-order valence-corrected chi connectivity index (χ2v) is 5.94. The molecule has 0 aliphatic heterocycles. The summed E-state index contributed by atoms with van der Waals surface area (Å²) in [6, 6.07) is 10.9. The summed E-state index contributed by atoms with van der Waals surface area (Å²) in [4.78, 5) is 16.3. The molecule has 3 rings (SSSR count). The predicted molar refractivity (Wildman–Crippen MR) is 98.9 cm³/mol. The van der Waals surface area contributed by atoms with Gasteiger partial charge in [-0.05, 0) is 43.7 Å². The van der Waals surface area contributed by atoms with Crippen molar-refractivity contribution in [3.63, 3.8) is 0 Å². The summed E-state index contributed by atoms with van der Waals surface area (Å²) in [7, 11) is 3.16. The molecule has 0 aliphatic carbocycles. The first-order valence-corrected chi connectivity index (χ1v) is 8.08. The lowest BCUT2D eigenvalue weighted by Gasteiger charge is -2.14. The van der Waals surface area contributed by atoms with Gasteiger partial charge in [0.15, 0.2) is 0 Å². The minimum absolute atomic E-state index is 0.00126. The zero-order valence-corrected chi connectivity index (χ0v) is 14.8. The first-order valence-electron chi connectivity index (χ1n) is 8.08. The minimum Gasteiger partial charge on any atom is -0.497 e. The molecule has 1 aromatic heterocycles. The van der Waals surface area contributed by atoms with E-state index in [2.05, 4.69) is 4.98 Å². The molecular formula is C20H21NO4. The smallest absolute Gasteiger partial charge is 0.201 e. The van der Waals surface area contributed by atoms with Crippen LogP contribution in [0.5, 0.6) is 17.2 Å². The Morgan fingerprint density at radius 3 is 2.20 bits per heavy atom. The molecule has 0 saturated carbocycles. The first kappa shape index (κ1) is 16.9.